The molecule has 0 saturated heterocycles. The van der Waals surface area contributed by atoms with Crippen LogP contribution in [0.1, 0.15) is 29.8 Å². The molecular weight excluding hydrogens is 389 g/mol. The van der Waals surface area contributed by atoms with Crippen molar-refractivity contribution in [1.29, 1.82) is 0 Å². The van der Waals surface area contributed by atoms with Gasteiger partial charge >= 0.3 is 0 Å². The zero-order valence-corrected chi connectivity index (χ0v) is 17.0. The number of hydrogen-bond acceptors (Lipinski definition) is 6. The molecule has 8 heteroatoms. The van der Waals surface area contributed by atoms with E-state index in [2.05, 4.69) is 44.0 Å². The lowest BCUT2D eigenvalue weighted by atomic mass is 10.1. The van der Waals surface area contributed by atoms with Gasteiger partial charge in [0.1, 0.15) is 11.6 Å². The predicted molar refractivity (Wildman–Crippen MR) is 109 cm³/mol. The lowest BCUT2D eigenvalue weighted by molar-refractivity contribution is 0.391. The van der Waals surface area contributed by atoms with Gasteiger partial charge in [0, 0.05) is 18.5 Å². The SMILES string of the molecule is CCn1c(Cc2ccccc2)nnc1SCc1nc(-c2ccc(C)c(F)c2)no1. The van der Waals surface area contributed by atoms with Crippen molar-refractivity contribution in [2.45, 2.75) is 37.7 Å². The summed E-state index contributed by atoms with van der Waals surface area (Å²) in [6.45, 7) is 4.56. The van der Waals surface area contributed by atoms with E-state index >= 15 is 0 Å². The Hall–Kier alpha value is -3.00. The summed E-state index contributed by atoms with van der Waals surface area (Å²) in [5, 5.41) is 13.4. The number of thioether (sulfide) groups is 1. The minimum absolute atomic E-state index is 0.287. The monoisotopic (exact) mass is 409 g/mol. The van der Waals surface area contributed by atoms with E-state index in [-0.39, 0.29) is 5.82 Å². The Morgan fingerprint density at radius 3 is 2.69 bits per heavy atom. The Morgan fingerprint density at radius 1 is 1.10 bits per heavy atom. The third-order valence-electron chi connectivity index (χ3n) is 4.54. The lowest BCUT2D eigenvalue weighted by Gasteiger charge is -2.06. The van der Waals surface area contributed by atoms with E-state index < -0.39 is 0 Å². The molecule has 29 heavy (non-hydrogen) atoms. The van der Waals surface area contributed by atoms with Crippen LogP contribution >= 0.6 is 11.8 Å². The van der Waals surface area contributed by atoms with Crippen LogP contribution in [0.4, 0.5) is 4.39 Å². The topological polar surface area (TPSA) is 69.6 Å². The van der Waals surface area contributed by atoms with Gasteiger partial charge in [0.2, 0.25) is 11.7 Å². The van der Waals surface area contributed by atoms with Gasteiger partial charge in [0.15, 0.2) is 5.16 Å². The number of hydrogen-bond donors (Lipinski definition) is 0. The van der Waals surface area contributed by atoms with Crippen LogP contribution in [0.2, 0.25) is 0 Å². The zero-order chi connectivity index (χ0) is 20.2. The van der Waals surface area contributed by atoms with Crippen LogP contribution in [-0.4, -0.2) is 24.9 Å². The van der Waals surface area contributed by atoms with Crippen LogP contribution in [0.15, 0.2) is 58.2 Å². The first-order valence-corrected chi connectivity index (χ1v) is 10.3. The molecule has 4 rings (SSSR count). The quantitative estimate of drug-likeness (QED) is 0.413. The van der Waals surface area contributed by atoms with Crippen LogP contribution < -0.4 is 0 Å². The number of rotatable bonds is 7. The molecule has 0 unspecified atom stereocenters. The largest absolute Gasteiger partial charge is 0.338 e. The second kappa shape index (κ2) is 8.57. The highest BCUT2D eigenvalue weighted by atomic mass is 32.2. The fraction of sp³-hybridized carbons (Fsp3) is 0.238. The van der Waals surface area contributed by atoms with E-state index in [9.17, 15) is 4.39 Å². The van der Waals surface area contributed by atoms with Gasteiger partial charge in [-0.15, -0.1) is 10.2 Å². The van der Waals surface area contributed by atoms with Crippen LogP contribution in [0, 0.1) is 12.7 Å². The third kappa shape index (κ3) is 4.37. The molecule has 0 saturated carbocycles. The van der Waals surface area contributed by atoms with E-state index in [1.54, 1.807) is 19.1 Å². The summed E-state index contributed by atoms with van der Waals surface area (Å²) in [6.07, 6.45) is 0.728. The van der Waals surface area contributed by atoms with Gasteiger partial charge in [-0.2, -0.15) is 4.98 Å². The first kappa shape index (κ1) is 19.3. The highest BCUT2D eigenvalue weighted by Gasteiger charge is 2.15. The molecule has 0 fully saturated rings. The molecule has 0 atom stereocenters. The lowest BCUT2D eigenvalue weighted by Crippen LogP contribution is -2.04. The van der Waals surface area contributed by atoms with Crippen molar-refractivity contribution < 1.29 is 8.91 Å². The summed E-state index contributed by atoms with van der Waals surface area (Å²) < 4.78 is 21.2. The van der Waals surface area contributed by atoms with Crippen molar-refractivity contribution in [2.24, 2.45) is 0 Å². The Kier molecular flexibility index (Phi) is 5.71. The van der Waals surface area contributed by atoms with Gasteiger partial charge in [0.05, 0.1) is 5.75 Å². The third-order valence-corrected chi connectivity index (χ3v) is 5.49. The first-order chi connectivity index (χ1) is 14.1. The molecule has 6 nitrogen and oxygen atoms in total. The molecule has 0 aliphatic heterocycles. The van der Waals surface area contributed by atoms with E-state index in [4.69, 9.17) is 4.52 Å². The summed E-state index contributed by atoms with van der Waals surface area (Å²) in [6, 6.07) is 15.1. The Bertz CT molecular complexity index is 1110. The minimum Gasteiger partial charge on any atom is -0.338 e. The zero-order valence-electron chi connectivity index (χ0n) is 16.2. The Morgan fingerprint density at radius 2 is 1.93 bits per heavy atom. The summed E-state index contributed by atoms with van der Waals surface area (Å²) in [7, 11) is 0. The summed E-state index contributed by atoms with van der Waals surface area (Å²) >= 11 is 1.49. The maximum Gasteiger partial charge on any atom is 0.237 e. The smallest absolute Gasteiger partial charge is 0.237 e. The molecule has 2 aromatic heterocycles. The Labute approximate surface area is 172 Å². The number of nitrogens with zero attached hydrogens (tertiary/aromatic N) is 5. The van der Waals surface area contributed by atoms with E-state index in [0.717, 1.165) is 23.9 Å². The number of aryl methyl sites for hydroxylation is 1. The van der Waals surface area contributed by atoms with Crippen LogP contribution in [-0.2, 0) is 18.7 Å². The van der Waals surface area contributed by atoms with Gasteiger partial charge in [-0.05, 0) is 31.0 Å². The van der Waals surface area contributed by atoms with Crippen molar-refractivity contribution in [3.05, 3.63) is 77.2 Å². The molecule has 2 heterocycles. The van der Waals surface area contributed by atoms with Crippen LogP contribution in [0.25, 0.3) is 11.4 Å². The van der Waals surface area contributed by atoms with Gasteiger partial charge in [-0.25, -0.2) is 4.39 Å². The molecule has 2 aromatic carbocycles. The molecule has 4 aromatic rings. The molecule has 0 bridgehead atoms. The van der Waals surface area contributed by atoms with Crippen molar-refractivity contribution in [3.8, 4) is 11.4 Å². The molecular formula is C21H20FN5OS. The maximum absolute atomic E-state index is 13.8. The minimum atomic E-state index is -0.287. The predicted octanol–water partition coefficient (Wildman–Crippen LogP) is 4.68. The van der Waals surface area contributed by atoms with Gasteiger partial charge < -0.3 is 9.09 Å². The van der Waals surface area contributed by atoms with E-state index in [1.807, 2.05) is 18.2 Å². The van der Waals surface area contributed by atoms with Crippen LogP contribution in [0.3, 0.4) is 0 Å². The van der Waals surface area contributed by atoms with Gasteiger partial charge in [-0.1, -0.05) is 59.4 Å². The first-order valence-electron chi connectivity index (χ1n) is 9.32. The second-order valence-corrected chi connectivity index (χ2v) is 7.51. The van der Waals surface area contributed by atoms with Crippen molar-refractivity contribution in [2.75, 3.05) is 0 Å². The molecule has 0 aliphatic rings. The number of halogens is 1. The average Bonchev–Trinajstić information content (AvgIpc) is 3.36. The number of benzene rings is 2. The van der Waals surface area contributed by atoms with Crippen LogP contribution in [0.5, 0.6) is 0 Å². The normalized spacial score (nSPS) is 11.1. The molecule has 0 spiro atoms. The average molecular weight is 409 g/mol. The molecule has 0 amide bonds. The second-order valence-electron chi connectivity index (χ2n) is 6.57. The summed E-state index contributed by atoms with van der Waals surface area (Å²) in [4.78, 5) is 4.37. The molecule has 148 valence electrons. The number of aromatic nitrogens is 5. The highest BCUT2D eigenvalue weighted by Crippen LogP contribution is 2.24. The van der Waals surface area contributed by atoms with E-state index in [0.29, 0.717) is 28.6 Å². The van der Waals surface area contributed by atoms with E-state index in [1.165, 1.54) is 23.4 Å². The summed E-state index contributed by atoms with van der Waals surface area (Å²) in [5.74, 6) is 1.93. The maximum atomic E-state index is 13.8. The van der Waals surface area contributed by atoms with Crippen molar-refractivity contribution in [3.63, 3.8) is 0 Å². The van der Waals surface area contributed by atoms with Gasteiger partial charge in [-0.3, -0.25) is 0 Å². The summed E-state index contributed by atoms with van der Waals surface area (Å²) in [5.41, 5.74) is 2.37. The molecule has 0 N–H and O–H groups in total. The highest BCUT2D eigenvalue weighted by molar-refractivity contribution is 7.98. The standard InChI is InChI=1S/C21H20FN5OS/c1-3-27-18(11-15-7-5-4-6-8-15)24-25-21(27)29-13-19-23-20(26-28-19)16-10-9-14(2)17(22)12-16/h4-10,12H,3,11,13H2,1-2H3. The molecule has 0 aliphatic carbocycles. The fourth-order valence-electron chi connectivity index (χ4n) is 2.94. The van der Waals surface area contributed by atoms with Crippen molar-refractivity contribution >= 4 is 11.8 Å². The van der Waals surface area contributed by atoms with Crippen molar-refractivity contribution in [1.82, 2.24) is 24.9 Å². The Balaban J connectivity index is 1.45. The molecule has 0 radical (unpaired) electrons. The fourth-order valence-corrected chi connectivity index (χ4v) is 3.80. The van der Waals surface area contributed by atoms with Gasteiger partial charge in [0.25, 0.3) is 0 Å².